The highest BCUT2D eigenvalue weighted by atomic mass is 16.4. The molecule has 0 atom stereocenters. The van der Waals surface area contributed by atoms with Crippen molar-refractivity contribution < 1.29 is 4.42 Å². The fourth-order valence-electron chi connectivity index (χ4n) is 1.34. The molecule has 0 aromatic carbocycles. The molecule has 88 valence electrons. The molecule has 1 N–H and O–H groups in total. The summed E-state index contributed by atoms with van der Waals surface area (Å²) in [5, 5.41) is 3.27. The van der Waals surface area contributed by atoms with Crippen LogP contribution in [0.3, 0.4) is 0 Å². The predicted molar refractivity (Wildman–Crippen MR) is 65.2 cm³/mol. The molecular weight excluding hydrogens is 202 g/mol. The zero-order chi connectivity index (χ0) is 11.8. The molecule has 0 spiro atoms. The maximum Gasteiger partial charge on any atom is 0.298 e. The maximum atomic E-state index is 5.38. The van der Waals surface area contributed by atoms with E-state index in [0.29, 0.717) is 12.6 Å². The van der Waals surface area contributed by atoms with Crippen LogP contribution in [0.1, 0.15) is 26.0 Å². The molecule has 0 aliphatic heterocycles. The van der Waals surface area contributed by atoms with Crippen LogP contribution >= 0.6 is 0 Å². The number of hydrogen-bond donors (Lipinski definition) is 1. The molecule has 4 heteroatoms. The van der Waals surface area contributed by atoms with Crippen LogP contribution in [0.4, 0.5) is 6.01 Å². The number of nitrogens with zero attached hydrogens (tertiary/aromatic N) is 2. The van der Waals surface area contributed by atoms with Crippen molar-refractivity contribution in [2.45, 2.75) is 26.8 Å². The van der Waals surface area contributed by atoms with Gasteiger partial charge in [-0.1, -0.05) is 12.8 Å². The van der Waals surface area contributed by atoms with Crippen molar-refractivity contribution in [3.8, 4) is 12.3 Å². The van der Waals surface area contributed by atoms with Gasteiger partial charge in [0.1, 0.15) is 6.26 Å². The van der Waals surface area contributed by atoms with Crippen molar-refractivity contribution in [2.75, 3.05) is 24.5 Å². The second-order valence-corrected chi connectivity index (χ2v) is 3.52. The van der Waals surface area contributed by atoms with Crippen LogP contribution in [0, 0.1) is 12.3 Å². The number of nitrogens with one attached hydrogen (secondary N) is 1. The van der Waals surface area contributed by atoms with Gasteiger partial charge in [0.2, 0.25) is 0 Å². The molecule has 4 nitrogen and oxygen atoms in total. The van der Waals surface area contributed by atoms with Crippen LogP contribution in [0.2, 0.25) is 0 Å². The summed E-state index contributed by atoms with van der Waals surface area (Å²) < 4.78 is 5.38. The van der Waals surface area contributed by atoms with Crippen molar-refractivity contribution in [2.24, 2.45) is 0 Å². The summed E-state index contributed by atoms with van der Waals surface area (Å²) in [6.07, 6.45) is 8.07. The minimum absolute atomic E-state index is 0.527. The molecule has 1 rings (SSSR count). The van der Waals surface area contributed by atoms with E-state index in [1.807, 2.05) is 11.8 Å². The minimum Gasteiger partial charge on any atom is -0.432 e. The summed E-state index contributed by atoms with van der Waals surface area (Å²) in [4.78, 5) is 6.29. The zero-order valence-corrected chi connectivity index (χ0v) is 9.99. The molecule has 0 saturated carbocycles. The van der Waals surface area contributed by atoms with Crippen LogP contribution < -0.4 is 10.2 Å². The van der Waals surface area contributed by atoms with E-state index in [9.17, 15) is 0 Å². The van der Waals surface area contributed by atoms with E-state index in [2.05, 4.69) is 23.1 Å². The number of aromatic nitrogens is 1. The smallest absolute Gasteiger partial charge is 0.298 e. The first kappa shape index (κ1) is 12.6. The normalized spacial score (nSPS) is 10.1. The van der Waals surface area contributed by atoms with Gasteiger partial charge < -0.3 is 14.6 Å². The predicted octanol–water partition coefficient (Wildman–Crippen LogP) is 1.63. The largest absolute Gasteiger partial charge is 0.432 e. The Labute approximate surface area is 97.0 Å². The van der Waals surface area contributed by atoms with E-state index in [-0.39, 0.29) is 0 Å². The third-order valence-corrected chi connectivity index (χ3v) is 2.21. The highest BCUT2D eigenvalue weighted by Gasteiger charge is 2.09. The van der Waals surface area contributed by atoms with Crippen LogP contribution in [-0.4, -0.2) is 24.6 Å². The number of oxazole rings is 1. The molecule has 0 aliphatic carbocycles. The third-order valence-electron chi connectivity index (χ3n) is 2.21. The van der Waals surface area contributed by atoms with Gasteiger partial charge in [0, 0.05) is 13.1 Å². The standard InChI is InChI=1S/C12H19N3O/c1-4-7-13-9-11-10-16-12(14-11)15(6-3)8-5-2/h2,10,13H,4,6-9H2,1,3H3. The molecule has 0 fully saturated rings. The topological polar surface area (TPSA) is 41.3 Å². The zero-order valence-electron chi connectivity index (χ0n) is 9.99. The number of terminal acetylenes is 1. The van der Waals surface area contributed by atoms with Crippen molar-refractivity contribution >= 4 is 6.01 Å². The SMILES string of the molecule is C#CCN(CC)c1nc(CNCCC)co1. The van der Waals surface area contributed by atoms with E-state index >= 15 is 0 Å². The Morgan fingerprint density at radius 3 is 3.00 bits per heavy atom. The highest BCUT2D eigenvalue weighted by molar-refractivity contribution is 5.29. The quantitative estimate of drug-likeness (QED) is 0.561. The molecule has 0 bridgehead atoms. The Balaban J connectivity index is 2.52. The second kappa shape index (κ2) is 6.91. The molecule has 0 aliphatic rings. The first-order chi connectivity index (χ1) is 7.81. The summed E-state index contributed by atoms with van der Waals surface area (Å²) in [7, 11) is 0. The van der Waals surface area contributed by atoms with Crippen molar-refractivity contribution in [3.05, 3.63) is 12.0 Å². The van der Waals surface area contributed by atoms with Gasteiger partial charge >= 0.3 is 0 Å². The lowest BCUT2D eigenvalue weighted by Gasteiger charge is -2.14. The molecule has 16 heavy (non-hydrogen) atoms. The van der Waals surface area contributed by atoms with E-state index in [1.165, 1.54) is 0 Å². The van der Waals surface area contributed by atoms with Gasteiger partial charge in [0.15, 0.2) is 0 Å². The van der Waals surface area contributed by atoms with Crippen LogP contribution in [0.5, 0.6) is 0 Å². The second-order valence-electron chi connectivity index (χ2n) is 3.52. The molecule has 0 radical (unpaired) electrons. The van der Waals surface area contributed by atoms with Crippen molar-refractivity contribution in [1.29, 1.82) is 0 Å². The van der Waals surface area contributed by atoms with Crippen LogP contribution in [0.25, 0.3) is 0 Å². The van der Waals surface area contributed by atoms with Crippen LogP contribution in [0.15, 0.2) is 10.7 Å². The lowest BCUT2D eigenvalue weighted by Crippen LogP contribution is -2.23. The van der Waals surface area contributed by atoms with Gasteiger partial charge in [-0.15, -0.1) is 6.42 Å². The maximum absolute atomic E-state index is 5.38. The highest BCUT2D eigenvalue weighted by Crippen LogP contribution is 2.12. The van der Waals surface area contributed by atoms with Gasteiger partial charge in [0.05, 0.1) is 12.2 Å². The summed E-state index contributed by atoms with van der Waals surface area (Å²) in [5.74, 6) is 2.59. The van der Waals surface area contributed by atoms with Gasteiger partial charge in [-0.2, -0.15) is 4.98 Å². The molecular formula is C12H19N3O. The molecule has 0 saturated heterocycles. The lowest BCUT2D eigenvalue weighted by atomic mass is 10.4. The average Bonchev–Trinajstić information content (AvgIpc) is 2.75. The summed E-state index contributed by atoms with van der Waals surface area (Å²) in [6, 6.07) is 0.605. The first-order valence-corrected chi connectivity index (χ1v) is 5.65. The number of anilines is 1. The van der Waals surface area contributed by atoms with E-state index < -0.39 is 0 Å². The molecule has 1 aromatic rings. The molecule has 0 amide bonds. The number of rotatable bonds is 7. The fraction of sp³-hybridized carbons (Fsp3) is 0.583. The van der Waals surface area contributed by atoms with Crippen molar-refractivity contribution in [3.63, 3.8) is 0 Å². The van der Waals surface area contributed by atoms with E-state index in [0.717, 1.165) is 31.7 Å². The Kier molecular flexibility index (Phi) is 5.44. The minimum atomic E-state index is 0.527. The van der Waals surface area contributed by atoms with E-state index in [1.54, 1.807) is 6.26 Å². The summed E-state index contributed by atoms with van der Waals surface area (Å²) in [6.45, 7) is 7.21. The molecule has 1 aromatic heterocycles. The third kappa shape index (κ3) is 3.59. The van der Waals surface area contributed by atoms with Crippen LogP contribution in [-0.2, 0) is 6.54 Å². The molecule has 1 heterocycles. The van der Waals surface area contributed by atoms with Gasteiger partial charge in [0.25, 0.3) is 6.01 Å². The molecule has 0 unspecified atom stereocenters. The number of hydrogen-bond acceptors (Lipinski definition) is 4. The summed E-state index contributed by atoms with van der Waals surface area (Å²) >= 11 is 0. The van der Waals surface area contributed by atoms with E-state index in [4.69, 9.17) is 10.8 Å². The lowest BCUT2D eigenvalue weighted by molar-refractivity contribution is 0.542. The van der Waals surface area contributed by atoms with Gasteiger partial charge in [-0.25, -0.2) is 0 Å². The fourth-order valence-corrected chi connectivity index (χ4v) is 1.34. The van der Waals surface area contributed by atoms with Crippen molar-refractivity contribution in [1.82, 2.24) is 10.3 Å². The summed E-state index contributed by atoms with van der Waals surface area (Å²) in [5.41, 5.74) is 0.916. The Morgan fingerprint density at radius 2 is 2.38 bits per heavy atom. The van der Waals surface area contributed by atoms with Gasteiger partial charge in [-0.05, 0) is 19.9 Å². The first-order valence-electron chi connectivity index (χ1n) is 5.65. The Morgan fingerprint density at radius 1 is 1.56 bits per heavy atom. The Bertz CT molecular complexity index is 340. The Hall–Kier alpha value is -1.47. The average molecular weight is 221 g/mol. The van der Waals surface area contributed by atoms with Gasteiger partial charge in [-0.3, -0.25) is 0 Å². The monoisotopic (exact) mass is 221 g/mol.